The van der Waals surface area contributed by atoms with Gasteiger partial charge in [0.2, 0.25) is 0 Å². The van der Waals surface area contributed by atoms with Crippen LogP contribution in [0.15, 0.2) is 16.0 Å². The van der Waals surface area contributed by atoms with Crippen molar-refractivity contribution in [3.8, 4) is 0 Å². The van der Waals surface area contributed by atoms with Gasteiger partial charge in [0.15, 0.2) is 5.12 Å². The quantitative estimate of drug-likeness (QED) is 0.678. The van der Waals surface area contributed by atoms with Gasteiger partial charge in [-0.2, -0.15) is 0 Å². The Morgan fingerprint density at radius 1 is 1.41 bits per heavy atom. The van der Waals surface area contributed by atoms with E-state index in [4.69, 9.17) is 0 Å². The van der Waals surface area contributed by atoms with Crippen molar-refractivity contribution >= 4 is 31.2 Å². The molecule has 2 aliphatic heterocycles. The Bertz CT molecular complexity index is 406. The third-order valence-electron chi connectivity index (χ3n) is 4.60. The van der Waals surface area contributed by atoms with Crippen molar-refractivity contribution in [2.24, 2.45) is 10.9 Å². The van der Waals surface area contributed by atoms with Crippen LogP contribution in [-0.2, 0) is 4.79 Å². The first-order chi connectivity index (χ1) is 7.75. The summed E-state index contributed by atoms with van der Waals surface area (Å²) in [5.41, 5.74) is 0.233. The second-order valence-corrected chi connectivity index (χ2v) is 13.2. The van der Waals surface area contributed by atoms with Crippen LogP contribution < -0.4 is 0 Å². The minimum atomic E-state index is -1.63. The third kappa shape index (κ3) is 2.06. The van der Waals surface area contributed by atoms with Gasteiger partial charge in [-0.25, -0.2) is 0 Å². The monoisotopic (exact) mass is 267 g/mol. The second kappa shape index (κ2) is 4.09. The van der Waals surface area contributed by atoms with E-state index in [1.54, 1.807) is 0 Å². The number of thioether (sulfide) groups is 1. The molecule has 0 N–H and O–H groups in total. The van der Waals surface area contributed by atoms with Gasteiger partial charge in [0, 0.05) is 24.2 Å². The number of hydrogen-bond donors (Lipinski definition) is 0. The van der Waals surface area contributed by atoms with Gasteiger partial charge in [-0.05, 0) is 16.0 Å². The van der Waals surface area contributed by atoms with E-state index in [1.165, 1.54) is 16.7 Å². The zero-order chi connectivity index (χ0) is 12.8. The molecule has 2 unspecified atom stereocenters. The van der Waals surface area contributed by atoms with E-state index in [-0.39, 0.29) is 10.6 Å². The number of nitrogens with zero attached hydrogens (tertiary/aromatic N) is 1. The van der Waals surface area contributed by atoms with Crippen LogP contribution in [0, 0.1) is 5.92 Å². The van der Waals surface area contributed by atoms with Gasteiger partial charge in [0.1, 0.15) is 0 Å². The summed E-state index contributed by atoms with van der Waals surface area (Å²) >= 11 is 1.47. The fourth-order valence-electron chi connectivity index (χ4n) is 2.50. The number of aliphatic imine (C=N–C) groups is 1. The van der Waals surface area contributed by atoms with Crippen molar-refractivity contribution in [2.75, 3.05) is 6.54 Å². The van der Waals surface area contributed by atoms with Crippen molar-refractivity contribution < 1.29 is 4.79 Å². The van der Waals surface area contributed by atoms with E-state index in [2.05, 4.69) is 38.9 Å². The molecule has 1 saturated heterocycles. The maximum Gasteiger partial charge on any atom is 0.194 e. The highest BCUT2D eigenvalue weighted by Crippen LogP contribution is 2.56. The Balaban J connectivity index is 2.36. The Morgan fingerprint density at radius 3 is 2.65 bits per heavy atom. The SMILES string of the molecule is CC(C)(C)[Si](C)(C)C1C(=O)SC2=CC=NCC21. The van der Waals surface area contributed by atoms with Crippen LogP contribution in [0.3, 0.4) is 0 Å². The molecule has 0 amide bonds. The minimum Gasteiger partial charge on any atom is -0.292 e. The topological polar surface area (TPSA) is 29.4 Å². The average Bonchev–Trinajstić information content (AvgIpc) is 2.51. The summed E-state index contributed by atoms with van der Waals surface area (Å²) in [4.78, 5) is 17.9. The summed E-state index contributed by atoms with van der Waals surface area (Å²) in [6.07, 6.45) is 3.88. The van der Waals surface area contributed by atoms with Gasteiger partial charge in [0.25, 0.3) is 0 Å². The molecule has 0 aromatic rings. The van der Waals surface area contributed by atoms with Crippen LogP contribution in [-0.4, -0.2) is 25.9 Å². The molecular formula is C13H21NOSSi. The van der Waals surface area contributed by atoms with Crippen molar-refractivity contribution in [3.05, 3.63) is 11.0 Å². The highest BCUT2D eigenvalue weighted by Gasteiger charge is 2.53. The first-order valence-electron chi connectivity index (χ1n) is 6.17. The number of carbonyl (C=O) groups is 1. The molecule has 0 spiro atoms. The molecule has 4 heteroatoms. The second-order valence-electron chi connectivity index (χ2n) is 6.56. The molecule has 2 rings (SSSR count). The lowest BCUT2D eigenvalue weighted by Crippen LogP contribution is -2.46. The lowest BCUT2D eigenvalue weighted by Gasteiger charge is -2.42. The molecule has 0 aliphatic carbocycles. The lowest BCUT2D eigenvalue weighted by molar-refractivity contribution is -0.111. The largest absolute Gasteiger partial charge is 0.292 e. The number of rotatable bonds is 1. The molecule has 17 heavy (non-hydrogen) atoms. The zero-order valence-electron chi connectivity index (χ0n) is 11.3. The molecule has 0 bridgehead atoms. The Hall–Kier alpha value is -0.353. The lowest BCUT2D eigenvalue weighted by atomic mass is 10.0. The van der Waals surface area contributed by atoms with Crippen LogP contribution in [0.1, 0.15) is 20.8 Å². The highest BCUT2D eigenvalue weighted by atomic mass is 32.2. The Labute approximate surface area is 109 Å². The van der Waals surface area contributed by atoms with Crippen molar-refractivity contribution in [1.82, 2.24) is 0 Å². The van der Waals surface area contributed by atoms with E-state index in [9.17, 15) is 4.79 Å². The van der Waals surface area contributed by atoms with Crippen molar-refractivity contribution in [2.45, 2.75) is 44.4 Å². The summed E-state index contributed by atoms with van der Waals surface area (Å²) in [6, 6.07) is 0. The molecule has 1 fully saturated rings. The molecular weight excluding hydrogens is 246 g/mol. The van der Waals surface area contributed by atoms with Gasteiger partial charge in [0.05, 0.1) is 8.07 Å². The predicted octanol–water partition coefficient (Wildman–Crippen LogP) is 3.72. The first-order valence-corrected chi connectivity index (χ1v) is 10.1. The standard InChI is InChI=1S/C13H21NOSSi/c1-13(2,3)17(4,5)11-9-8-14-7-6-10(9)16-12(11)15/h6-7,9,11H,8H2,1-5H3. The van der Waals surface area contributed by atoms with Crippen LogP contribution >= 0.6 is 11.8 Å². The van der Waals surface area contributed by atoms with Gasteiger partial charge in [-0.3, -0.25) is 9.79 Å². The number of hydrogen-bond acceptors (Lipinski definition) is 3. The molecule has 2 aliphatic rings. The molecule has 2 atom stereocenters. The minimum absolute atomic E-state index is 0.233. The number of dihydropyridines is 1. The molecule has 0 saturated carbocycles. The number of fused-ring (bicyclic) bond motifs is 1. The van der Waals surface area contributed by atoms with Gasteiger partial charge < -0.3 is 0 Å². The Morgan fingerprint density at radius 2 is 2.06 bits per heavy atom. The van der Waals surface area contributed by atoms with E-state index in [1.807, 2.05) is 12.3 Å². The third-order valence-corrected chi connectivity index (χ3v) is 12.0. The summed E-state index contributed by atoms with van der Waals surface area (Å²) in [5, 5.41) is 0.642. The van der Waals surface area contributed by atoms with Crippen LogP contribution in [0.25, 0.3) is 0 Å². The van der Waals surface area contributed by atoms with E-state index in [0.29, 0.717) is 11.0 Å². The molecule has 94 valence electrons. The Kier molecular flexibility index (Phi) is 3.15. The molecule has 2 nitrogen and oxygen atoms in total. The zero-order valence-corrected chi connectivity index (χ0v) is 13.1. The molecule has 0 radical (unpaired) electrons. The summed E-state index contributed by atoms with van der Waals surface area (Å²) in [7, 11) is -1.63. The fourth-order valence-corrected chi connectivity index (χ4v) is 7.51. The first kappa shape index (κ1) is 13.1. The van der Waals surface area contributed by atoms with Gasteiger partial charge in [-0.1, -0.05) is 45.6 Å². The molecule has 2 heterocycles. The number of allylic oxidation sites excluding steroid dienone is 1. The summed E-state index contributed by atoms with van der Waals surface area (Å²) < 4.78 is 0. The summed E-state index contributed by atoms with van der Waals surface area (Å²) in [5.74, 6) is 0.374. The van der Waals surface area contributed by atoms with Gasteiger partial charge >= 0.3 is 0 Å². The molecule has 0 aromatic heterocycles. The maximum absolute atomic E-state index is 12.3. The maximum atomic E-state index is 12.3. The summed E-state index contributed by atoms with van der Waals surface area (Å²) in [6.45, 7) is 12.4. The van der Waals surface area contributed by atoms with E-state index in [0.717, 1.165) is 6.54 Å². The normalized spacial score (nSPS) is 29.2. The highest BCUT2D eigenvalue weighted by molar-refractivity contribution is 8.17. The van der Waals surface area contributed by atoms with Crippen molar-refractivity contribution in [3.63, 3.8) is 0 Å². The average molecular weight is 267 g/mol. The predicted molar refractivity (Wildman–Crippen MR) is 78.5 cm³/mol. The molecule has 0 aromatic carbocycles. The van der Waals surface area contributed by atoms with Gasteiger partial charge in [-0.15, -0.1) is 0 Å². The fraction of sp³-hybridized carbons (Fsp3) is 0.692. The van der Waals surface area contributed by atoms with Crippen molar-refractivity contribution in [1.29, 1.82) is 0 Å². The number of carbonyl (C=O) groups excluding carboxylic acids is 1. The van der Waals surface area contributed by atoms with Crippen LogP contribution in [0.2, 0.25) is 23.7 Å². The van der Waals surface area contributed by atoms with Crippen LogP contribution in [0.4, 0.5) is 0 Å². The van der Waals surface area contributed by atoms with E-state index >= 15 is 0 Å². The van der Waals surface area contributed by atoms with E-state index < -0.39 is 8.07 Å². The smallest absolute Gasteiger partial charge is 0.194 e. The van der Waals surface area contributed by atoms with Crippen LogP contribution in [0.5, 0.6) is 0 Å².